The van der Waals surface area contributed by atoms with Crippen molar-refractivity contribution in [3.05, 3.63) is 48.0 Å². The number of nitrogens with one attached hydrogen (secondary N) is 1. The van der Waals surface area contributed by atoms with E-state index >= 15 is 0 Å². The fourth-order valence-electron chi connectivity index (χ4n) is 1.89. The largest absolute Gasteiger partial charge is 0.467 e. The van der Waals surface area contributed by atoms with Gasteiger partial charge >= 0.3 is 5.97 Å². The van der Waals surface area contributed by atoms with Crippen LogP contribution in [0.5, 0.6) is 0 Å². The maximum atomic E-state index is 12.0. The Kier molecular flexibility index (Phi) is 4.32. The van der Waals surface area contributed by atoms with Crippen LogP contribution in [0.25, 0.3) is 10.8 Å². The molecule has 2 aromatic carbocycles. The molecule has 0 radical (unpaired) electrons. The van der Waals surface area contributed by atoms with Gasteiger partial charge in [0.1, 0.15) is 0 Å². The number of carbonyl (C=O) groups excluding carboxylic acids is 2. The zero-order valence-corrected chi connectivity index (χ0v) is 11.0. The molecule has 0 spiro atoms. The van der Waals surface area contributed by atoms with Gasteiger partial charge in [-0.3, -0.25) is 4.79 Å². The van der Waals surface area contributed by atoms with Crippen molar-refractivity contribution in [3.63, 3.8) is 0 Å². The van der Waals surface area contributed by atoms with Crippen molar-refractivity contribution < 1.29 is 19.4 Å². The van der Waals surface area contributed by atoms with Crippen LogP contribution in [0, 0.1) is 0 Å². The molecule has 0 aliphatic carbocycles. The summed E-state index contributed by atoms with van der Waals surface area (Å²) in [6.07, 6.45) is 0. The Morgan fingerprint density at radius 1 is 1.20 bits per heavy atom. The van der Waals surface area contributed by atoms with Crippen LogP contribution in [-0.2, 0) is 9.53 Å². The van der Waals surface area contributed by atoms with Crippen molar-refractivity contribution >= 4 is 22.6 Å². The van der Waals surface area contributed by atoms with Gasteiger partial charge in [-0.1, -0.05) is 30.3 Å². The fraction of sp³-hybridized carbons (Fsp3) is 0.200. The van der Waals surface area contributed by atoms with Crippen molar-refractivity contribution in [1.29, 1.82) is 0 Å². The second-order valence-electron chi connectivity index (χ2n) is 4.29. The molecule has 0 bridgehead atoms. The van der Waals surface area contributed by atoms with E-state index < -0.39 is 24.5 Å². The van der Waals surface area contributed by atoms with E-state index in [4.69, 9.17) is 5.11 Å². The van der Waals surface area contributed by atoms with Crippen molar-refractivity contribution in [2.24, 2.45) is 0 Å². The van der Waals surface area contributed by atoms with Crippen LogP contribution in [0.15, 0.2) is 42.5 Å². The first kappa shape index (κ1) is 14.0. The molecule has 20 heavy (non-hydrogen) atoms. The molecule has 1 atom stereocenters. The van der Waals surface area contributed by atoms with E-state index in [0.29, 0.717) is 5.56 Å². The zero-order valence-electron chi connectivity index (χ0n) is 11.0. The molecule has 5 nitrogen and oxygen atoms in total. The normalized spacial score (nSPS) is 11.9. The molecular weight excluding hydrogens is 258 g/mol. The number of ether oxygens (including phenoxy) is 1. The molecule has 0 saturated carbocycles. The summed E-state index contributed by atoms with van der Waals surface area (Å²) in [6, 6.07) is 11.8. The number of hydrogen-bond acceptors (Lipinski definition) is 4. The van der Waals surface area contributed by atoms with E-state index in [1.165, 1.54) is 7.11 Å². The number of carbonyl (C=O) groups is 2. The van der Waals surface area contributed by atoms with Gasteiger partial charge in [-0.25, -0.2) is 4.79 Å². The minimum atomic E-state index is -1.06. The Labute approximate surface area is 116 Å². The minimum absolute atomic E-state index is 0.422. The summed E-state index contributed by atoms with van der Waals surface area (Å²) in [5.74, 6) is -1.11. The Morgan fingerprint density at radius 3 is 2.55 bits per heavy atom. The lowest BCUT2D eigenvalue weighted by molar-refractivity contribution is -0.143. The molecule has 0 saturated heterocycles. The summed E-state index contributed by atoms with van der Waals surface area (Å²) >= 11 is 0. The molecule has 0 aromatic heterocycles. The molecule has 104 valence electrons. The number of amides is 1. The topological polar surface area (TPSA) is 75.6 Å². The minimum Gasteiger partial charge on any atom is -0.467 e. The Balaban J connectivity index is 2.20. The number of esters is 1. The van der Waals surface area contributed by atoms with Gasteiger partial charge in [-0.15, -0.1) is 0 Å². The van der Waals surface area contributed by atoms with Crippen molar-refractivity contribution in [2.45, 2.75) is 6.04 Å². The molecule has 2 N–H and O–H groups in total. The summed E-state index contributed by atoms with van der Waals surface area (Å²) in [4.78, 5) is 23.4. The van der Waals surface area contributed by atoms with Crippen LogP contribution in [-0.4, -0.2) is 36.7 Å². The summed E-state index contributed by atoms with van der Waals surface area (Å²) in [5, 5.41) is 13.5. The molecule has 0 aliphatic rings. The van der Waals surface area contributed by atoms with Crippen LogP contribution in [0.1, 0.15) is 10.4 Å². The summed E-state index contributed by atoms with van der Waals surface area (Å²) in [7, 11) is 1.20. The summed E-state index contributed by atoms with van der Waals surface area (Å²) in [6.45, 7) is -0.508. The van der Waals surface area contributed by atoms with Crippen LogP contribution in [0.2, 0.25) is 0 Å². The van der Waals surface area contributed by atoms with Gasteiger partial charge in [0.2, 0.25) is 0 Å². The Morgan fingerprint density at radius 2 is 1.90 bits per heavy atom. The monoisotopic (exact) mass is 273 g/mol. The van der Waals surface area contributed by atoms with Crippen LogP contribution >= 0.6 is 0 Å². The third-order valence-electron chi connectivity index (χ3n) is 2.99. The third kappa shape index (κ3) is 2.95. The van der Waals surface area contributed by atoms with Gasteiger partial charge < -0.3 is 15.2 Å². The second-order valence-corrected chi connectivity index (χ2v) is 4.29. The van der Waals surface area contributed by atoms with Crippen molar-refractivity contribution in [1.82, 2.24) is 5.32 Å². The smallest absolute Gasteiger partial charge is 0.330 e. The van der Waals surface area contributed by atoms with E-state index in [2.05, 4.69) is 10.1 Å². The highest BCUT2D eigenvalue weighted by Gasteiger charge is 2.21. The van der Waals surface area contributed by atoms with E-state index in [9.17, 15) is 9.59 Å². The predicted octanol–water partition coefficient (Wildman–Crippen LogP) is 1.10. The second kappa shape index (κ2) is 6.16. The van der Waals surface area contributed by atoms with Gasteiger partial charge in [0.25, 0.3) is 5.91 Å². The predicted molar refractivity (Wildman–Crippen MR) is 74.3 cm³/mol. The van der Waals surface area contributed by atoms with Crippen molar-refractivity contribution in [3.8, 4) is 0 Å². The number of aliphatic hydroxyl groups excluding tert-OH is 1. The average Bonchev–Trinajstić information content (AvgIpc) is 2.51. The lowest BCUT2D eigenvalue weighted by atomic mass is 10.1. The standard InChI is InChI=1S/C15H15NO4/c1-20-15(19)13(9-17)16-14(18)12-7-6-10-4-2-3-5-11(10)8-12/h2-8,13,17H,9H2,1H3,(H,16,18)/t13-/m0/s1. The molecule has 0 aliphatic heterocycles. The highest BCUT2D eigenvalue weighted by atomic mass is 16.5. The number of hydrogen-bond donors (Lipinski definition) is 2. The maximum absolute atomic E-state index is 12.0. The highest BCUT2D eigenvalue weighted by Crippen LogP contribution is 2.15. The van der Waals surface area contributed by atoms with Gasteiger partial charge in [-0.05, 0) is 22.9 Å². The van der Waals surface area contributed by atoms with E-state index in [-0.39, 0.29) is 0 Å². The fourth-order valence-corrected chi connectivity index (χ4v) is 1.89. The summed E-state index contributed by atoms with van der Waals surface area (Å²) in [5.41, 5.74) is 0.422. The number of methoxy groups -OCH3 is 1. The molecule has 0 unspecified atom stereocenters. The summed E-state index contributed by atoms with van der Waals surface area (Å²) < 4.78 is 4.50. The van der Waals surface area contributed by atoms with Crippen LogP contribution in [0.3, 0.4) is 0 Å². The molecule has 5 heteroatoms. The van der Waals surface area contributed by atoms with Gasteiger partial charge in [0, 0.05) is 5.56 Å². The van der Waals surface area contributed by atoms with Crippen LogP contribution < -0.4 is 5.32 Å². The van der Waals surface area contributed by atoms with E-state index in [1.54, 1.807) is 12.1 Å². The third-order valence-corrected chi connectivity index (χ3v) is 2.99. The molecular formula is C15H15NO4. The molecule has 1 amide bonds. The lowest BCUT2D eigenvalue weighted by Gasteiger charge is -2.14. The molecule has 2 rings (SSSR count). The molecule has 2 aromatic rings. The number of aliphatic hydroxyl groups is 1. The van der Waals surface area contributed by atoms with E-state index in [1.807, 2.05) is 30.3 Å². The first-order valence-corrected chi connectivity index (χ1v) is 6.14. The number of rotatable bonds is 4. The maximum Gasteiger partial charge on any atom is 0.330 e. The van der Waals surface area contributed by atoms with E-state index in [0.717, 1.165) is 10.8 Å². The SMILES string of the molecule is COC(=O)[C@H](CO)NC(=O)c1ccc2ccccc2c1. The zero-order chi connectivity index (χ0) is 14.5. The Bertz CT molecular complexity index is 639. The van der Waals surface area contributed by atoms with Gasteiger partial charge in [-0.2, -0.15) is 0 Å². The molecule has 0 fully saturated rings. The van der Waals surface area contributed by atoms with Crippen LogP contribution in [0.4, 0.5) is 0 Å². The first-order valence-electron chi connectivity index (χ1n) is 6.14. The quantitative estimate of drug-likeness (QED) is 0.818. The molecule has 0 heterocycles. The van der Waals surface area contributed by atoms with Gasteiger partial charge in [0.15, 0.2) is 6.04 Å². The Hall–Kier alpha value is -2.40. The number of benzene rings is 2. The average molecular weight is 273 g/mol. The highest BCUT2D eigenvalue weighted by molar-refractivity contribution is 6.00. The lowest BCUT2D eigenvalue weighted by Crippen LogP contribution is -2.44. The van der Waals surface area contributed by atoms with Crippen molar-refractivity contribution in [2.75, 3.05) is 13.7 Å². The van der Waals surface area contributed by atoms with Gasteiger partial charge in [0.05, 0.1) is 13.7 Å². The first-order chi connectivity index (χ1) is 9.65. The number of fused-ring (bicyclic) bond motifs is 1.